The van der Waals surface area contributed by atoms with Crippen LogP contribution in [0.1, 0.15) is 33.1 Å². The lowest BCUT2D eigenvalue weighted by Crippen LogP contribution is -2.46. The van der Waals surface area contributed by atoms with Crippen molar-refractivity contribution in [2.45, 2.75) is 45.3 Å². The van der Waals surface area contributed by atoms with Crippen LogP contribution in [0.15, 0.2) is 24.3 Å². The SMILES string of the molecule is CNC1CCC(C(C)C)CC1Oc1cccc(N(C)C)c1. The molecule has 3 heteroatoms. The monoisotopic (exact) mass is 290 g/mol. The number of anilines is 1. The van der Waals surface area contributed by atoms with Crippen LogP contribution in [0.3, 0.4) is 0 Å². The Balaban J connectivity index is 2.09. The molecule has 2 rings (SSSR count). The summed E-state index contributed by atoms with van der Waals surface area (Å²) in [7, 11) is 6.17. The van der Waals surface area contributed by atoms with E-state index in [4.69, 9.17) is 4.74 Å². The second kappa shape index (κ2) is 7.17. The fraction of sp³-hybridized carbons (Fsp3) is 0.667. The summed E-state index contributed by atoms with van der Waals surface area (Å²) in [5.41, 5.74) is 1.18. The van der Waals surface area contributed by atoms with Crippen LogP contribution in [0.25, 0.3) is 0 Å². The van der Waals surface area contributed by atoms with Gasteiger partial charge < -0.3 is 15.0 Å². The molecule has 0 radical (unpaired) electrons. The molecule has 1 aliphatic carbocycles. The molecule has 0 amide bonds. The summed E-state index contributed by atoms with van der Waals surface area (Å²) in [5.74, 6) is 2.49. The summed E-state index contributed by atoms with van der Waals surface area (Å²) < 4.78 is 6.34. The van der Waals surface area contributed by atoms with Crippen molar-refractivity contribution in [1.29, 1.82) is 0 Å². The number of nitrogens with one attached hydrogen (secondary N) is 1. The molecule has 0 heterocycles. The van der Waals surface area contributed by atoms with Crippen LogP contribution in [0.4, 0.5) is 5.69 Å². The van der Waals surface area contributed by atoms with E-state index >= 15 is 0 Å². The number of benzene rings is 1. The van der Waals surface area contributed by atoms with Gasteiger partial charge in [0.05, 0.1) is 0 Å². The van der Waals surface area contributed by atoms with Crippen LogP contribution in [-0.2, 0) is 0 Å². The fourth-order valence-electron chi connectivity index (χ4n) is 3.24. The number of hydrogen-bond acceptors (Lipinski definition) is 3. The highest BCUT2D eigenvalue weighted by Gasteiger charge is 2.32. The molecule has 1 aromatic rings. The Labute approximate surface area is 129 Å². The van der Waals surface area contributed by atoms with Crippen molar-refractivity contribution < 1.29 is 4.74 Å². The first kappa shape index (κ1) is 16.2. The Morgan fingerprint density at radius 2 is 2.00 bits per heavy atom. The van der Waals surface area contributed by atoms with Gasteiger partial charge >= 0.3 is 0 Å². The highest BCUT2D eigenvalue weighted by molar-refractivity contribution is 5.49. The first-order chi connectivity index (χ1) is 10.0. The van der Waals surface area contributed by atoms with E-state index in [0.717, 1.165) is 24.0 Å². The van der Waals surface area contributed by atoms with Crippen LogP contribution in [-0.4, -0.2) is 33.3 Å². The average Bonchev–Trinajstić information content (AvgIpc) is 2.47. The van der Waals surface area contributed by atoms with Gasteiger partial charge in [-0.25, -0.2) is 0 Å². The van der Waals surface area contributed by atoms with Gasteiger partial charge in [-0.3, -0.25) is 0 Å². The summed E-state index contributed by atoms with van der Waals surface area (Å²) in [6.07, 6.45) is 3.93. The summed E-state index contributed by atoms with van der Waals surface area (Å²) in [6.45, 7) is 4.65. The van der Waals surface area contributed by atoms with Gasteiger partial charge in [0, 0.05) is 31.9 Å². The van der Waals surface area contributed by atoms with E-state index in [1.807, 2.05) is 7.05 Å². The minimum atomic E-state index is 0.272. The minimum Gasteiger partial charge on any atom is -0.489 e. The second-order valence-electron chi connectivity index (χ2n) is 6.76. The summed E-state index contributed by atoms with van der Waals surface area (Å²) in [6, 6.07) is 8.84. The van der Waals surface area contributed by atoms with Crippen LogP contribution >= 0.6 is 0 Å². The zero-order valence-electron chi connectivity index (χ0n) is 14.1. The predicted octanol–water partition coefficient (Wildman–Crippen LogP) is 3.54. The van der Waals surface area contributed by atoms with Crippen LogP contribution in [0.5, 0.6) is 5.75 Å². The van der Waals surface area contributed by atoms with Crippen LogP contribution < -0.4 is 15.0 Å². The predicted molar refractivity (Wildman–Crippen MR) is 90.2 cm³/mol. The maximum Gasteiger partial charge on any atom is 0.121 e. The Bertz CT molecular complexity index is 445. The lowest BCUT2D eigenvalue weighted by Gasteiger charge is -2.37. The highest BCUT2D eigenvalue weighted by atomic mass is 16.5. The average molecular weight is 290 g/mol. The first-order valence-electron chi connectivity index (χ1n) is 8.12. The number of nitrogens with zero attached hydrogens (tertiary/aromatic N) is 1. The molecule has 1 N–H and O–H groups in total. The molecule has 1 aromatic carbocycles. The molecule has 0 bridgehead atoms. The minimum absolute atomic E-state index is 0.272. The van der Waals surface area contributed by atoms with E-state index in [-0.39, 0.29) is 6.10 Å². The molecule has 118 valence electrons. The van der Waals surface area contributed by atoms with Crippen molar-refractivity contribution in [3.63, 3.8) is 0 Å². The molecule has 0 aliphatic heterocycles. The van der Waals surface area contributed by atoms with Crippen molar-refractivity contribution in [2.24, 2.45) is 11.8 Å². The zero-order chi connectivity index (χ0) is 15.4. The Hall–Kier alpha value is -1.22. The Kier molecular flexibility index (Phi) is 5.51. The summed E-state index contributed by atoms with van der Waals surface area (Å²) in [5, 5.41) is 3.44. The number of ether oxygens (including phenoxy) is 1. The van der Waals surface area contributed by atoms with Gasteiger partial charge in [-0.05, 0) is 50.3 Å². The third kappa shape index (κ3) is 4.13. The summed E-state index contributed by atoms with van der Waals surface area (Å²) >= 11 is 0. The molecule has 3 nitrogen and oxygen atoms in total. The normalized spacial score (nSPS) is 25.9. The van der Waals surface area contributed by atoms with Crippen LogP contribution in [0, 0.1) is 11.8 Å². The van der Waals surface area contributed by atoms with E-state index in [9.17, 15) is 0 Å². The van der Waals surface area contributed by atoms with Crippen molar-refractivity contribution in [2.75, 3.05) is 26.0 Å². The maximum absolute atomic E-state index is 6.34. The number of hydrogen-bond donors (Lipinski definition) is 1. The van der Waals surface area contributed by atoms with Gasteiger partial charge in [0.15, 0.2) is 0 Å². The van der Waals surface area contributed by atoms with Gasteiger partial charge in [0.1, 0.15) is 11.9 Å². The van der Waals surface area contributed by atoms with Gasteiger partial charge in [0.25, 0.3) is 0 Å². The fourth-order valence-corrected chi connectivity index (χ4v) is 3.24. The number of likely N-dealkylation sites (N-methyl/N-ethyl adjacent to an activating group) is 1. The van der Waals surface area contributed by atoms with Gasteiger partial charge in [-0.1, -0.05) is 19.9 Å². The molecule has 0 saturated heterocycles. The lowest BCUT2D eigenvalue weighted by atomic mass is 9.78. The zero-order valence-corrected chi connectivity index (χ0v) is 14.1. The highest BCUT2D eigenvalue weighted by Crippen LogP contribution is 2.33. The molecule has 3 unspecified atom stereocenters. The Morgan fingerprint density at radius 1 is 1.24 bits per heavy atom. The van der Waals surface area contributed by atoms with Crippen molar-refractivity contribution in [3.8, 4) is 5.75 Å². The van der Waals surface area contributed by atoms with Gasteiger partial charge in [0.2, 0.25) is 0 Å². The second-order valence-corrected chi connectivity index (χ2v) is 6.76. The van der Waals surface area contributed by atoms with E-state index in [1.54, 1.807) is 0 Å². The standard InChI is InChI=1S/C18H30N2O/c1-13(2)14-9-10-17(19-3)18(11-14)21-16-8-6-7-15(12-16)20(4)5/h6-8,12-14,17-19H,9-11H2,1-5H3. The first-order valence-corrected chi connectivity index (χ1v) is 8.12. The molecule has 0 spiro atoms. The smallest absolute Gasteiger partial charge is 0.121 e. The van der Waals surface area contributed by atoms with E-state index < -0.39 is 0 Å². The molecule has 1 fully saturated rings. The third-order valence-electron chi connectivity index (χ3n) is 4.77. The topological polar surface area (TPSA) is 24.5 Å². The summed E-state index contributed by atoms with van der Waals surface area (Å²) in [4.78, 5) is 2.11. The van der Waals surface area contributed by atoms with E-state index in [1.165, 1.54) is 18.5 Å². The largest absolute Gasteiger partial charge is 0.489 e. The molecule has 3 atom stereocenters. The van der Waals surface area contributed by atoms with Crippen LogP contribution in [0.2, 0.25) is 0 Å². The van der Waals surface area contributed by atoms with E-state index in [2.05, 4.69) is 62.4 Å². The molecular weight excluding hydrogens is 260 g/mol. The van der Waals surface area contributed by atoms with Crippen molar-refractivity contribution in [1.82, 2.24) is 5.32 Å². The molecule has 0 aromatic heterocycles. The van der Waals surface area contributed by atoms with Crippen molar-refractivity contribution >= 4 is 5.69 Å². The quantitative estimate of drug-likeness (QED) is 0.897. The molecule has 1 aliphatic rings. The number of rotatable bonds is 5. The molecule has 21 heavy (non-hydrogen) atoms. The van der Waals surface area contributed by atoms with Gasteiger partial charge in [-0.15, -0.1) is 0 Å². The molecular formula is C18H30N2O. The Morgan fingerprint density at radius 3 is 2.62 bits per heavy atom. The van der Waals surface area contributed by atoms with Gasteiger partial charge in [-0.2, -0.15) is 0 Å². The maximum atomic E-state index is 6.34. The molecule has 1 saturated carbocycles. The third-order valence-corrected chi connectivity index (χ3v) is 4.77. The lowest BCUT2D eigenvalue weighted by molar-refractivity contribution is 0.0750. The van der Waals surface area contributed by atoms with Crippen molar-refractivity contribution in [3.05, 3.63) is 24.3 Å². The van der Waals surface area contributed by atoms with E-state index in [0.29, 0.717) is 6.04 Å².